The maximum atomic E-state index is 13.5. The summed E-state index contributed by atoms with van der Waals surface area (Å²) in [5, 5.41) is 0. The van der Waals surface area contributed by atoms with Crippen LogP contribution in [0.4, 0.5) is 0 Å². The van der Waals surface area contributed by atoms with Crippen molar-refractivity contribution in [1.82, 2.24) is 28.0 Å². The van der Waals surface area contributed by atoms with Crippen molar-refractivity contribution in [3.63, 3.8) is 0 Å². The number of imidazole rings is 2. The van der Waals surface area contributed by atoms with Gasteiger partial charge in [-0.1, -0.05) is 24.3 Å². The van der Waals surface area contributed by atoms with E-state index in [2.05, 4.69) is 9.47 Å². The van der Waals surface area contributed by atoms with E-state index in [0.29, 0.717) is 16.9 Å². The molecule has 0 atom stereocenters. The second-order valence-electron chi connectivity index (χ2n) is 8.20. The first-order valence-corrected chi connectivity index (χ1v) is 10.1. The van der Waals surface area contributed by atoms with E-state index in [4.69, 9.17) is 4.98 Å². The van der Waals surface area contributed by atoms with E-state index in [1.54, 1.807) is 7.05 Å². The van der Waals surface area contributed by atoms with E-state index in [-0.39, 0.29) is 17.8 Å². The zero-order valence-electron chi connectivity index (χ0n) is 18.4. The summed E-state index contributed by atoms with van der Waals surface area (Å²) in [6.45, 7) is 7.86. The van der Waals surface area contributed by atoms with Crippen molar-refractivity contribution in [2.75, 3.05) is 20.6 Å². The van der Waals surface area contributed by atoms with Crippen LogP contribution in [0, 0.1) is 20.8 Å². The van der Waals surface area contributed by atoms with E-state index < -0.39 is 0 Å². The van der Waals surface area contributed by atoms with Crippen LogP contribution in [0.15, 0.2) is 33.9 Å². The molecule has 0 spiro atoms. The minimum absolute atomic E-state index is 0.237. The van der Waals surface area contributed by atoms with E-state index in [1.807, 2.05) is 63.5 Å². The Morgan fingerprint density at radius 1 is 1.00 bits per heavy atom. The van der Waals surface area contributed by atoms with Crippen molar-refractivity contribution in [1.29, 1.82) is 0 Å². The molecule has 8 nitrogen and oxygen atoms in total. The van der Waals surface area contributed by atoms with Crippen molar-refractivity contribution >= 4 is 16.9 Å². The van der Waals surface area contributed by atoms with Crippen molar-refractivity contribution in [2.24, 2.45) is 7.05 Å². The van der Waals surface area contributed by atoms with Gasteiger partial charge in [0.1, 0.15) is 0 Å². The minimum Gasteiger partial charge on any atom is -0.313 e. The van der Waals surface area contributed by atoms with Gasteiger partial charge in [0.05, 0.1) is 6.54 Å². The summed E-state index contributed by atoms with van der Waals surface area (Å²) in [6, 6.07) is 7.81. The number of hydrogen-bond donors (Lipinski definition) is 0. The largest absolute Gasteiger partial charge is 0.332 e. The monoisotopic (exact) mass is 408 g/mol. The highest BCUT2D eigenvalue weighted by Gasteiger charge is 2.22. The summed E-state index contributed by atoms with van der Waals surface area (Å²) >= 11 is 0. The Bertz CT molecular complexity index is 1380. The van der Waals surface area contributed by atoms with Crippen LogP contribution in [0.3, 0.4) is 0 Å². The summed E-state index contributed by atoms with van der Waals surface area (Å²) in [5.41, 5.74) is 4.24. The SMILES string of the molecule is Cc1ccccc1Cn1c(=O)c2c(nc3n(CCN(C)C)c(C)c(C)n23)n(C)c1=O. The molecule has 8 heteroatoms. The van der Waals surface area contributed by atoms with Gasteiger partial charge in [0, 0.05) is 31.5 Å². The van der Waals surface area contributed by atoms with Gasteiger partial charge in [-0.3, -0.25) is 18.3 Å². The molecule has 0 saturated heterocycles. The predicted molar refractivity (Wildman–Crippen MR) is 118 cm³/mol. The summed E-state index contributed by atoms with van der Waals surface area (Å²) < 4.78 is 6.80. The average Bonchev–Trinajstić information content (AvgIpc) is 3.20. The van der Waals surface area contributed by atoms with Gasteiger partial charge in [-0.2, -0.15) is 4.98 Å². The molecule has 4 aromatic rings. The Labute approximate surface area is 174 Å². The van der Waals surface area contributed by atoms with Crippen molar-refractivity contribution in [3.8, 4) is 0 Å². The number of fused-ring (bicyclic) bond motifs is 3. The quantitative estimate of drug-likeness (QED) is 0.504. The fourth-order valence-electron chi connectivity index (χ4n) is 3.98. The van der Waals surface area contributed by atoms with Crippen LogP contribution in [0.2, 0.25) is 0 Å². The standard InChI is InChI=1S/C22H28N6O2/c1-14-9-7-8-10-17(14)13-27-20(29)18-19(25(6)22(27)30)23-21-26(12-11-24(4)5)15(2)16(3)28(18)21/h7-10H,11-13H2,1-6H3. The van der Waals surface area contributed by atoms with E-state index >= 15 is 0 Å². The Balaban J connectivity index is 2.00. The molecular weight excluding hydrogens is 380 g/mol. The van der Waals surface area contributed by atoms with Crippen molar-refractivity contribution in [2.45, 2.75) is 33.9 Å². The molecule has 0 aliphatic heterocycles. The topological polar surface area (TPSA) is 69.5 Å². The third kappa shape index (κ3) is 2.99. The lowest BCUT2D eigenvalue weighted by molar-refractivity contribution is 0.384. The van der Waals surface area contributed by atoms with Crippen LogP contribution in [0.25, 0.3) is 16.9 Å². The highest BCUT2D eigenvalue weighted by atomic mass is 16.2. The fourth-order valence-corrected chi connectivity index (χ4v) is 3.98. The average molecular weight is 409 g/mol. The summed E-state index contributed by atoms with van der Waals surface area (Å²) in [7, 11) is 5.73. The van der Waals surface area contributed by atoms with Gasteiger partial charge in [-0.15, -0.1) is 0 Å². The lowest BCUT2D eigenvalue weighted by Crippen LogP contribution is -2.39. The molecule has 0 fully saturated rings. The number of aromatic nitrogens is 5. The number of benzene rings is 1. The van der Waals surface area contributed by atoms with Crippen LogP contribution < -0.4 is 11.2 Å². The molecule has 30 heavy (non-hydrogen) atoms. The molecule has 4 rings (SSSR count). The third-order valence-electron chi connectivity index (χ3n) is 5.99. The molecule has 0 amide bonds. The molecule has 0 aliphatic carbocycles. The molecular formula is C22H28N6O2. The maximum Gasteiger partial charge on any atom is 0.332 e. The predicted octanol–water partition coefficient (Wildman–Crippen LogP) is 1.68. The van der Waals surface area contributed by atoms with Crippen LogP contribution in [-0.4, -0.2) is 48.6 Å². The Hall–Kier alpha value is -3.13. The van der Waals surface area contributed by atoms with E-state index in [9.17, 15) is 9.59 Å². The molecule has 0 saturated carbocycles. The highest BCUT2D eigenvalue weighted by Crippen LogP contribution is 2.20. The van der Waals surface area contributed by atoms with Gasteiger partial charge < -0.3 is 9.47 Å². The minimum atomic E-state index is -0.356. The third-order valence-corrected chi connectivity index (χ3v) is 5.99. The van der Waals surface area contributed by atoms with Crippen LogP contribution in [0.1, 0.15) is 22.5 Å². The van der Waals surface area contributed by atoms with Crippen LogP contribution >= 0.6 is 0 Å². The van der Waals surface area contributed by atoms with Gasteiger partial charge in [-0.25, -0.2) is 4.79 Å². The normalized spacial score (nSPS) is 12.0. The lowest BCUT2D eigenvalue weighted by Gasteiger charge is -2.11. The van der Waals surface area contributed by atoms with Gasteiger partial charge in [0.25, 0.3) is 5.56 Å². The second kappa shape index (κ2) is 7.28. The number of nitrogens with zero attached hydrogens (tertiary/aromatic N) is 6. The van der Waals surface area contributed by atoms with Gasteiger partial charge >= 0.3 is 5.69 Å². The fraction of sp³-hybridized carbons (Fsp3) is 0.409. The Morgan fingerprint density at radius 3 is 2.37 bits per heavy atom. The Morgan fingerprint density at radius 2 is 1.70 bits per heavy atom. The first-order chi connectivity index (χ1) is 14.2. The lowest BCUT2D eigenvalue weighted by atomic mass is 10.1. The first-order valence-electron chi connectivity index (χ1n) is 10.1. The number of rotatable bonds is 5. The van der Waals surface area contributed by atoms with Gasteiger partial charge in [0.2, 0.25) is 5.78 Å². The van der Waals surface area contributed by atoms with E-state index in [1.165, 1.54) is 9.13 Å². The summed E-state index contributed by atoms with van der Waals surface area (Å²) in [5.74, 6) is 0.697. The summed E-state index contributed by atoms with van der Waals surface area (Å²) in [4.78, 5) is 33.4. The zero-order valence-corrected chi connectivity index (χ0v) is 18.4. The molecule has 0 unspecified atom stereocenters. The molecule has 0 N–H and O–H groups in total. The van der Waals surface area contributed by atoms with Gasteiger partial charge in [0.15, 0.2) is 11.2 Å². The van der Waals surface area contributed by atoms with Gasteiger partial charge in [-0.05, 0) is 46.0 Å². The van der Waals surface area contributed by atoms with E-state index in [0.717, 1.165) is 35.6 Å². The smallest absolute Gasteiger partial charge is 0.313 e. The molecule has 3 heterocycles. The maximum absolute atomic E-state index is 13.5. The zero-order chi connectivity index (χ0) is 21.7. The number of hydrogen-bond acceptors (Lipinski definition) is 4. The summed E-state index contributed by atoms with van der Waals surface area (Å²) in [6.07, 6.45) is 0. The highest BCUT2D eigenvalue weighted by molar-refractivity contribution is 5.76. The van der Waals surface area contributed by atoms with Crippen molar-refractivity contribution in [3.05, 3.63) is 67.6 Å². The van der Waals surface area contributed by atoms with Crippen molar-refractivity contribution < 1.29 is 0 Å². The molecule has 0 radical (unpaired) electrons. The second-order valence-corrected chi connectivity index (χ2v) is 8.20. The van der Waals surface area contributed by atoms with Crippen LogP contribution in [-0.2, 0) is 20.1 Å². The Kier molecular flexibility index (Phi) is 4.89. The number of aryl methyl sites for hydroxylation is 3. The van der Waals surface area contributed by atoms with Crippen LogP contribution in [0.5, 0.6) is 0 Å². The molecule has 3 aromatic heterocycles. The molecule has 0 aliphatic rings. The molecule has 158 valence electrons. The first kappa shape index (κ1) is 20.2. The number of likely N-dealkylation sites (N-methyl/N-ethyl adjacent to an activating group) is 1. The molecule has 0 bridgehead atoms. The molecule has 1 aromatic carbocycles.